The van der Waals surface area contributed by atoms with E-state index in [2.05, 4.69) is 20.4 Å². The summed E-state index contributed by atoms with van der Waals surface area (Å²) in [6.07, 6.45) is -25.0. The highest BCUT2D eigenvalue weighted by Gasteiger charge is 2.74. The van der Waals surface area contributed by atoms with Crippen molar-refractivity contribution in [3.05, 3.63) is 332 Å². The predicted molar refractivity (Wildman–Crippen MR) is 402 cm³/mol. The first-order valence-electron chi connectivity index (χ1n) is 35.7. The first-order chi connectivity index (χ1) is 56.6. The average Bonchev–Trinajstić information content (AvgIpc) is 1.70. The highest BCUT2D eigenvalue weighted by molar-refractivity contribution is 6.36. The number of benzene rings is 11. The van der Waals surface area contributed by atoms with Gasteiger partial charge in [-0.2, -0.15) is 52.7 Å². The van der Waals surface area contributed by atoms with Gasteiger partial charge in [-0.05, 0) is 209 Å². The molecule has 0 saturated carbocycles. The minimum atomic E-state index is -6.29. The van der Waals surface area contributed by atoms with E-state index in [1.165, 1.54) is 60.7 Å². The highest BCUT2D eigenvalue weighted by Crippen LogP contribution is 2.59. The van der Waals surface area contributed by atoms with Crippen LogP contribution in [-0.2, 0) is 10.8 Å². The number of hydrogen-bond acceptors (Lipinski definition) is 16. The lowest BCUT2D eigenvalue weighted by Gasteiger charge is -2.38. The number of aromatic nitrogens is 4. The smallest absolute Gasteiger partial charge is 0.411 e. The zero-order valence-electron chi connectivity index (χ0n) is 60.9. The zero-order chi connectivity index (χ0) is 83.9. The molecule has 6 heterocycles. The molecule has 1 atom stereocenters. The summed E-state index contributed by atoms with van der Waals surface area (Å²) in [4.78, 5) is 113. The SMILES string of the molecule is CN(C)c1ccc(-c2nnc(-c3ccc(Oc4ccc(C(c5ccccc5)c5ccc(N6C(=O)c7ccc(C(c8ccc9c(c8)C(=O)N(c8ccc(-c%10nnc(-c%11ccc(N%12C(=O)c%13ccc(C(c%14ccc%15c(c%14)C(=O)NC%15=O)(C(F)(F)F)C(F)(F)F)cc%13C%12=O)cc%11)o%10)cc8)C9=O)(C(F)(F)F)C(F)(F)F)cc7C6=O)cc5)cc4)cc3)o2)cc1. The number of halogens is 12. The standard InChI is InChI=1S/C87H49F12N9O11/c1-105(2)55-24-10-47(11-25-55)72-101-104-75(119-72)50-18-34-60(35-19-50)117-59-32-16-46(17-33-59)69(44-6-4-3-5-7-44)45-8-26-56(27-9-45)106-76(111)62-38-22-53(42-67(62)79(106)114)83(86(94,95)96,87(97,98)99)54-23-39-64-68(43-54)81(116)108(78(64)113)58-30-14-49(15-31-58)74-103-102-73(118-74)48-12-28-57(29-13-48)107-77(112)63-37-21-52(41-66(63)80(107)115)82(84(88,89)90,85(91,92)93)51-20-36-61-65(40-51)71(110)100-70(61)109/h3-43,69H,1-2H3,(H,100,109,110). The van der Waals surface area contributed by atoms with Gasteiger partial charge < -0.3 is 18.5 Å². The maximum Gasteiger partial charge on any atom is 0.411 e. The van der Waals surface area contributed by atoms with Crippen LogP contribution in [0.2, 0.25) is 0 Å². The summed E-state index contributed by atoms with van der Waals surface area (Å²) in [7, 11) is 3.87. The molecule has 11 aromatic carbocycles. The zero-order valence-corrected chi connectivity index (χ0v) is 60.9. The van der Waals surface area contributed by atoms with Crippen LogP contribution in [-0.4, -0.2) is 106 Å². The molecule has 4 aliphatic rings. The van der Waals surface area contributed by atoms with Crippen LogP contribution in [0.25, 0.3) is 45.8 Å². The largest absolute Gasteiger partial charge is 0.457 e. The molecule has 4 aliphatic heterocycles. The van der Waals surface area contributed by atoms with Crippen molar-refractivity contribution in [2.24, 2.45) is 0 Å². The Kier molecular flexibility index (Phi) is 18.0. The van der Waals surface area contributed by atoms with Gasteiger partial charge in [0.05, 0.1) is 61.6 Å². The number of anilines is 4. The van der Waals surface area contributed by atoms with Crippen LogP contribution in [0.15, 0.2) is 258 Å². The van der Waals surface area contributed by atoms with E-state index in [0.29, 0.717) is 110 Å². The van der Waals surface area contributed by atoms with Crippen LogP contribution in [0.4, 0.5) is 75.4 Å². The van der Waals surface area contributed by atoms with Crippen LogP contribution in [0.1, 0.15) is 128 Å². The molecule has 0 bridgehead atoms. The molecule has 592 valence electrons. The Labute approximate surface area is 662 Å². The molecule has 20 nitrogen and oxygen atoms in total. The van der Waals surface area contributed by atoms with Gasteiger partial charge in [-0.25, -0.2) is 14.7 Å². The summed E-state index contributed by atoms with van der Waals surface area (Å²) in [6, 6.07) is 52.4. The lowest BCUT2D eigenvalue weighted by Crippen LogP contribution is -2.55. The second-order valence-electron chi connectivity index (χ2n) is 28.1. The van der Waals surface area contributed by atoms with E-state index in [1.807, 2.05) is 85.7 Å². The van der Waals surface area contributed by atoms with Crippen molar-refractivity contribution < 1.29 is 105 Å². The first kappa shape index (κ1) is 76.6. The molecular formula is C87H49F12N9O11. The van der Waals surface area contributed by atoms with Crippen molar-refractivity contribution in [2.75, 3.05) is 33.7 Å². The number of ether oxygens (including phenoxy) is 1. The Balaban J connectivity index is 0.576. The molecule has 13 aromatic rings. The summed E-state index contributed by atoms with van der Waals surface area (Å²) in [5.41, 5.74) is -17.1. The molecule has 2 aromatic heterocycles. The molecule has 0 saturated heterocycles. The van der Waals surface area contributed by atoms with Gasteiger partial charge in [0.15, 0.2) is 0 Å². The molecule has 17 rings (SSSR count). The van der Waals surface area contributed by atoms with E-state index in [4.69, 9.17) is 13.6 Å². The molecule has 32 heteroatoms. The number of nitrogens with one attached hydrogen (secondary N) is 1. The number of imide groups is 4. The maximum atomic E-state index is 16.0. The summed E-state index contributed by atoms with van der Waals surface area (Å²) in [6.45, 7) is 0. The number of carbonyl (C=O) groups is 8. The van der Waals surface area contributed by atoms with E-state index >= 15 is 52.7 Å². The summed E-state index contributed by atoms with van der Waals surface area (Å²) in [5, 5.41) is 18.2. The van der Waals surface area contributed by atoms with Crippen molar-refractivity contribution in [3.63, 3.8) is 0 Å². The fourth-order valence-electron chi connectivity index (χ4n) is 15.4. The van der Waals surface area contributed by atoms with E-state index in [-0.39, 0.29) is 52.1 Å². The molecular weight excluding hydrogens is 1570 g/mol. The van der Waals surface area contributed by atoms with Gasteiger partial charge in [0.25, 0.3) is 47.3 Å². The van der Waals surface area contributed by atoms with Gasteiger partial charge in [-0.3, -0.25) is 43.7 Å². The third-order valence-electron chi connectivity index (χ3n) is 21.2. The Hall–Kier alpha value is -15.0. The molecule has 0 fully saturated rings. The Morgan fingerprint density at radius 1 is 0.319 bits per heavy atom. The summed E-state index contributed by atoms with van der Waals surface area (Å²) >= 11 is 0. The fourth-order valence-corrected chi connectivity index (χ4v) is 15.4. The Morgan fingerprint density at radius 2 is 0.597 bits per heavy atom. The van der Waals surface area contributed by atoms with Gasteiger partial charge >= 0.3 is 24.7 Å². The fraction of sp³-hybridized carbons (Fsp3) is 0.103. The molecule has 8 amide bonds. The monoisotopic (exact) mass is 1620 g/mol. The second-order valence-corrected chi connectivity index (χ2v) is 28.1. The van der Waals surface area contributed by atoms with Gasteiger partial charge in [-0.1, -0.05) is 78.9 Å². The minimum Gasteiger partial charge on any atom is -0.457 e. The molecule has 1 N–H and O–H groups in total. The van der Waals surface area contributed by atoms with E-state index in [9.17, 15) is 38.4 Å². The van der Waals surface area contributed by atoms with Crippen LogP contribution < -0.4 is 29.7 Å². The molecule has 1 unspecified atom stereocenters. The van der Waals surface area contributed by atoms with Gasteiger partial charge in [0, 0.05) is 48.0 Å². The van der Waals surface area contributed by atoms with E-state index in [0.717, 1.165) is 22.4 Å². The number of carbonyl (C=O) groups excluding carboxylic acids is 8. The van der Waals surface area contributed by atoms with Crippen LogP contribution in [0.3, 0.4) is 0 Å². The summed E-state index contributed by atoms with van der Waals surface area (Å²) in [5.74, 6) is -8.80. The van der Waals surface area contributed by atoms with Crippen LogP contribution >= 0.6 is 0 Å². The van der Waals surface area contributed by atoms with Crippen LogP contribution in [0, 0.1) is 0 Å². The van der Waals surface area contributed by atoms with Gasteiger partial charge in [0.1, 0.15) is 11.5 Å². The molecule has 0 aliphatic carbocycles. The summed E-state index contributed by atoms with van der Waals surface area (Å²) < 4.78 is 205. The number of fused-ring (bicyclic) bond motifs is 4. The number of hydrogen-bond donors (Lipinski definition) is 1. The van der Waals surface area contributed by atoms with E-state index < -0.39 is 155 Å². The van der Waals surface area contributed by atoms with Crippen molar-refractivity contribution in [2.45, 2.75) is 41.5 Å². The number of rotatable bonds is 17. The number of alkyl halides is 12. The highest BCUT2D eigenvalue weighted by atomic mass is 19.4. The normalized spacial score (nSPS) is 14.6. The van der Waals surface area contributed by atoms with E-state index in [1.54, 1.807) is 53.8 Å². The first-order valence-corrected chi connectivity index (χ1v) is 35.7. The lowest BCUT2D eigenvalue weighted by atomic mass is 9.71. The van der Waals surface area contributed by atoms with Crippen molar-refractivity contribution in [1.82, 2.24) is 25.7 Å². The van der Waals surface area contributed by atoms with Crippen LogP contribution in [0.5, 0.6) is 11.5 Å². The quantitative estimate of drug-likeness (QED) is 0.0505. The average molecular weight is 1620 g/mol. The third-order valence-corrected chi connectivity index (χ3v) is 21.2. The predicted octanol–water partition coefficient (Wildman–Crippen LogP) is 18.3. The lowest BCUT2D eigenvalue weighted by molar-refractivity contribution is -0.290. The van der Waals surface area contributed by atoms with Crippen molar-refractivity contribution in [1.29, 1.82) is 0 Å². The topological polar surface area (TPSA) is 249 Å². The third kappa shape index (κ3) is 12.4. The van der Waals surface area contributed by atoms with Crippen molar-refractivity contribution >= 4 is 70.0 Å². The second kappa shape index (κ2) is 27.9. The molecule has 0 radical (unpaired) electrons. The number of amides is 8. The molecule has 0 spiro atoms. The Morgan fingerprint density at radius 3 is 0.941 bits per heavy atom. The Bertz CT molecular complexity index is 6380. The van der Waals surface area contributed by atoms with Gasteiger partial charge in [-0.15, -0.1) is 20.4 Å². The maximum absolute atomic E-state index is 16.0. The molecule has 119 heavy (non-hydrogen) atoms. The number of nitrogens with zero attached hydrogens (tertiary/aromatic N) is 8. The van der Waals surface area contributed by atoms with Gasteiger partial charge in [0.2, 0.25) is 34.4 Å². The minimum absolute atomic E-state index is 0.0675. The van der Waals surface area contributed by atoms with Crippen molar-refractivity contribution in [3.8, 4) is 57.3 Å².